The zero-order valence-electron chi connectivity index (χ0n) is 6.61. The van der Waals surface area contributed by atoms with Crippen LogP contribution in [0.1, 0.15) is 16.7 Å². The predicted molar refractivity (Wildman–Crippen MR) is 43.8 cm³/mol. The Kier molecular flexibility index (Phi) is 1.96. The number of hydrogen-bond donors (Lipinski definition) is 0. The molecule has 0 heterocycles. The van der Waals surface area contributed by atoms with E-state index in [0.717, 1.165) is 5.56 Å². The Hall–Kier alpha value is -1.29. The fourth-order valence-corrected chi connectivity index (χ4v) is 1.03. The number of terminal acetylenes is 1. The van der Waals surface area contributed by atoms with Gasteiger partial charge in [0.25, 0.3) is 0 Å². The molecule has 0 aliphatic carbocycles. The molecule has 0 atom stereocenters. The van der Waals surface area contributed by atoms with Crippen LogP contribution >= 0.6 is 0 Å². The quantitative estimate of drug-likeness (QED) is 0.496. The molecule has 0 bridgehead atoms. The average Bonchev–Trinajstić information content (AvgIpc) is 1.99. The topological polar surface area (TPSA) is 0 Å². The summed E-state index contributed by atoms with van der Waals surface area (Å²) in [6, 6.07) is 3.34. The Morgan fingerprint density at radius 3 is 2.09 bits per heavy atom. The zero-order valence-corrected chi connectivity index (χ0v) is 6.61. The van der Waals surface area contributed by atoms with Crippen LogP contribution in [0.3, 0.4) is 0 Å². The molecule has 1 rings (SSSR count). The van der Waals surface area contributed by atoms with E-state index in [0.29, 0.717) is 11.1 Å². The molecule has 11 heavy (non-hydrogen) atoms. The third kappa shape index (κ3) is 1.40. The molecule has 0 unspecified atom stereocenters. The van der Waals surface area contributed by atoms with Gasteiger partial charge >= 0.3 is 0 Å². The van der Waals surface area contributed by atoms with Crippen molar-refractivity contribution in [3.05, 3.63) is 34.6 Å². The minimum atomic E-state index is -0.163. The number of rotatable bonds is 0. The molecule has 1 aromatic carbocycles. The Morgan fingerprint density at radius 2 is 1.73 bits per heavy atom. The molecule has 0 spiro atoms. The standard InChI is InChI=1S/C10H9F/c1-4-9-5-7(2)10(11)8(3)6-9/h1,5-6H,2-3H3. The van der Waals surface area contributed by atoms with Crippen molar-refractivity contribution in [1.82, 2.24) is 0 Å². The van der Waals surface area contributed by atoms with Crippen LogP contribution in [0.25, 0.3) is 0 Å². The summed E-state index contributed by atoms with van der Waals surface area (Å²) in [7, 11) is 0. The lowest BCUT2D eigenvalue weighted by Gasteiger charge is -2.00. The van der Waals surface area contributed by atoms with Gasteiger partial charge in [0.2, 0.25) is 0 Å². The summed E-state index contributed by atoms with van der Waals surface area (Å²) >= 11 is 0. The van der Waals surface area contributed by atoms with Gasteiger partial charge < -0.3 is 0 Å². The van der Waals surface area contributed by atoms with Gasteiger partial charge in [0.05, 0.1) is 0 Å². The van der Waals surface area contributed by atoms with Crippen molar-refractivity contribution in [2.75, 3.05) is 0 Å². The molecule has 0 amide bonds. The van der Waals surface area contributed by atoms with Crippen LogP contribution in [0.2, 0.25) is 0 Å². The van der Waals surface area contributed by atoms with E-state index < -0.39 is 0 Å². The second kappa shape index (κ2) is 2.75. The first-order valence-electron chi connectivity index (χ1n) is 3.38. The van der Waals surface area contributed by atoms with E-state index in [-0.39, 0.29) is 5.82 Å². The molecule has 0 N–H and O–H groups in total. The highest BCUT2D eigenvalue weighted by molar-refractivity contribution is 5.39. The number of benzene rings is 1. The Labute approximate surface area is 66.1 Å². The molecule has 1 heteroatoms. The molecule has 0 saturated heterocycles. The minimum Gasteiger partial charge on any atom is -0.206 e. The van der Waals surface area contributed by atoms with Crippen molar-refractivity contribution in [2.45, 2.75) is 13.8 Å². The molecule has 0 aliphatic heterocycles. The highest BCUT2D eigenvalue weighted by Gasteiger charge is 2.01. The van der Waals surface area contributed by atoms with E-state index in [2.05, 4.69) is 5.92 Å². The first-order valence-corrected chi connectivity index (χ1v) is 3.38. The van der Waals surface area contributed by atoms with Gasteiger partial charge in [0, 0.05) is 5.56 Å². The van der Waals surface area contributed by atoms with Crippen molar-refractivity contribution < 1.29 is 4.39 Å². The SMILES string of the molecule is C#Cc1cc(C)c(F)c(C)c1. The van der Waals surface area contributed by atoms with Gasteiger partial charge in [-0.25, -0.2) is 4.39 Å². The highest BCUT2D eigenvalue weighted by atomic mass is 19.1. The van der Waals surface area contributed by atoms with E-state index in [1.54, 1.807) is 26.0 Å². The average molecular weight is 148 g/mol. The summed E-state index contributed by atoms with van der Waals surface area (Å²) in [5.41, 5.74) is 1.96. The van der Waals surface area contributed by atoms with Crippen LogP contribution in [-0.2, 0) is 0 Å². The molecule has 56 valence electrons. The van der Waals surface area contributed by atoms with Gasteiger partial charge in [-0.2, -0.15) is 0 Å². The second-order valence-corrected chi connectivity index (χ2v) is 2.57. The monoisotopic (exact) mass is 148 g/mol. The van der Waals surface area contributed by atoms with Crippen molar-refractivity contribution >= 4 is 0 Å². The third-order valence-corrected chi connectivity index (χ3v) is 1.60. The normalized spacial score (nSPS) is 9.27. The predicted octanol–water partition coefficient (Wildman–Crippen LogP) is 2.42. The van der Waals surface area contributed by atoms with Crippen molar-refractivity contribution in [2.24, 2.45) is 0 Å². The maximum atomic E-state index is 13.0. The Morgan fingerprint density at radius 1 is 1.27 bits per heavy atom. The van der Waals surface area contributed by atoms with Crippen LogP contribution in [0, 0.1) is 32.0 Å². The van der Waals surface area contributed by atoms with E-state index >= 15 is 0 Å². The van der Waals surface area contributed by atoms with Gasteiger partial charge in [-0.3, -0.25) is 0 Å². The summed E-state index contributed by atoms with van der Waals surface area (Å²) in [6.07, 6.45) is 5.17. The van der Waals surface area contributed by atoms with Gasteiger partial charge in [-0.15, -0.1) is 6.42 Å². The fraction of sp³-hybridized carbons (Fsp3) is 0.200. The molecular weight excluding hydrogens is 139 g/mol. The first-order chi connectivity index (χ1) is 5.15. The third-order valence-electron chi connectivity index (χ3n) is 1.60. The van der Waals surface area contributed by atoms with Gasteiger partial charge in [0.1, 0.15) is 5.82 Å². The number of halogens is 1. The highest BCUT2D eigenvalue weighted by Crippen LogP contribution is 2.13. The van der Waals surface area contributed by atoms with E-state index in [1.165, 1.54) is 0 Å². The Bertz CT molecular complexity index is 295. The summed E-state index contributed by atoms with van der Waals surface area (Å²) in [5.74, 6) is 2.31. The lowest BCUT2D eigenvalue weighted by Crippen LogP contribution is -1.88. The first kappa shape index (κ1) is 7.81. The van der Waals surface area contributed by atoms with Crippen LogP contribution < -0.4 is 0 Å². The molecule has 0 fully saturated rings. The van der Waals surface area contributed by atoms with E-state index in [4.69, 9.17) is 6.42 Å². The lowest BCUT2D eigenvalue weighted by atomic mass is 10.1. The van der Waals surface area contributed by atoms with E-state index in [1.807, 2.05) is 0 Å². The maximum Gasteiger partial charge on any atom is 0.129 e. The summed E-state index contributed by atoms with van der Waals surface area (Å²) in [6.45, 7) is 3.42. The molecular formula is C10H9F. The van der Waals surface area contributed by atoms with Crippen molar-refractivity contribution in [3.8, 4) is 12.3 Å². The van der Waals surface area contributed by atoms with Crippen molar-refractivity contribution in [3.63, 3.8) is 0 Å². The number of aryl methyl sites for hydroxylation is 2. The molecule has 0 radical (unpaired) electrons. The molecule has 1 aromatic rings. The smallest absolute Gasteiger partial charge is 0.129 e. The Balaban J connectivity index is 3.35. The van der Waals surface area contributed by atoms with Gasteiger partial charge in [0.15, 0.2) is 0 Å². The summed E-state index contributed by atoms with van der Waals surface area (Å²) in [4.78, 5) is 0. The van der Waals surface area contributed by atoms with Crippen LogP contribution in [0.15, 0.2) is 12.1 Å². The fourth-order valence-electron chi connectivity index (χ4n) is 1.03. The van der Waals surface area contributed by atoms with Crippen LogP contribution in [0.4, 0.5) is 4.39 Å². The van der Waals surface area contributed by atoms with Crippen LogP contribution in [0.5, 0.6) is 0 Å². The summed E-state index contributed by atoms with van der Waals surface area (Å²) in [5, 5.41) is 0. The molecule has 0 nitrogen and oxygen atoms in total. The maximum absolute atomic E-state index is 13.0. The zero-order chi connectivity index (χ0) is 8.43. The molecule has 0 saturated carbocycles. The largest absolute Gasteiger partial charge is 0.206 e. The molecule has 0 aliphatic rings. The number of hydrogen-bond acceptors (Lipinski definition) is 0. The second-order valence-electron chi connectivity index (χ2n) is 2.57. The molecule has 0 aromatic heterocycles. The van der Waals surface area contributed by atoms with Gasteiger partial charge in [-0.05, 0) is 37.1 Å². The minimum absolute atomic E-state index is 0.163. The van der Waals surface area contributed by atoms with Crippen LogP contribution in [-0.4, -0.2) is 0 Å². The van der Waals surface area contributed by atoms with E-state index in [9.17, 15) is 4.39 Å². The van der Waals surface area contributed by atoms with Gasteiger partial charge in [-0.1, -0.05) is 5.92 Å². The lowest BCUT2D eigenvalue weighted by molar-refractivity contribution is 0.609. The van der Waals surface area contributed by atoms with Crippen molar-refractivity contribution in [1.29, 1.82) is 0 Å². The summed E-state index contributed by atoms with van der Waals surface area (Å²) < 4.78 is 13.0.